The number of nitrogens with zero attached hydrogens (tertiary/aromatic N) is 1. The summed E-state index contributed by atoms with van der Waals surface area (Å²) >= 11 is 1.22. The third-order valence-electron chi connectivity index (χ3n) is 1.90. The summed E-state index contributed by atoms with van der Waals surface area (Å²) in [5, 5.41) is 20.7. The smallest absolute Gasteiger partial charge is 0.197 e. The Hall–Kier alpha value is -1.81. The summed E-state index contributed by atoms with van der Waals surface area (Å²) < 4.78 is 0. The van der Waals surface area contributed by atoms with E-state index >= 15 is 0 Å². The Morgan fingerprint density at radius 3 is 2.60 bits per heavy atom. The third kappa shape index (κ3) is 2.16. The van der Waals surface area contributed by atoms with Crippen molar-refractivity contribution in [3.8, 4) is 10.8 Å². The van der Waals surface area contributed by atoms with Crippen molar-refractivity contribution < 1.29 is 10.2 Å². The first-order chi connectivity index (χ1) is 7.27. The molecule has 0 unspecified atom stereocenters. The van der Waals surface area contributed by atoms with Crippen LogP contribution in [0.5, 0.6) is 10.8 Å². The van der Waals surface area contributed by atoms with Crippen molar-refractivity contribution in [3.63, 3.8) is 0 Å². The van der Waals surface area contributed by atoms with Crippen molar-refractivity contribution in [2.45, 2.75) is 0 Å². The fourth-order valence-corrected chi connectivity index (χ4v) is 1.70. The lowest BCUT2D eigenvalue weighted by Gasteiger charge is -1.96. The predicted octanol–water partition coefficient (Wildman–Crippen LogP) is 2.91. The molecule has 2 aromatic rings. The van der Waals surface area contributed by atoms with Crippen molar-refractivity contribution >= 4 is 23.2 Å². The molecule has 0 fully saturated rings. The zero-order chi connectivity index (χ0) is 10.7. The highest BCUT2D eigenvalue weighted by atomic mass is 32.1. The quantitative estimate of drug-likeness (QED) is 0.763. The van der Waals surface area contributed by atoms with Crippen LogP contribution in [0, 0.1) is 0 Å². The SMILES string of the molecule is Oc1ccccc1C=Nc1ccsc1O. The minimum Gasteiger partial charge on any atom is -0.507 e. The van der Waals surface area contributed by atoms with Crippen molar-refractivity contribution in [2.75, 3.05) is 0 Å². The van der Waals surface area contributed by atoms with E-state index in [0.717, 1.165) is 0 Å². The molecule has 0 spiro atoms. The maximum atomic E-state index is 9.46. The van der Waals surface area contributed by atoms with Gasteiger partial charge in [-0.3, -0.25) is 4.99 Å². The molecule has 0 bridgehead atoms. The molecule has 0 aliphatic carbocycles. The maximum Gasteiger partial charge on any atom is 0.197 e. The number of aromatic hydroxyl groups is 2. The molecule has 2 N–H and O–H groups in total. The fraction of sp³-hybridized carbons (Fsp3) is 0. The van der Waals surface area contributed by atoms with Gasteiger partial charge in [-0.1, -0.05) is 12.1 Å². The first kappa shape index (κ1) is 9.73. The van der Waals surface area contributed by atoms with E-state index in [2.05, 4.69) is 4.99 Å². The van der Waals surface area contributed by atoms with Crippen LogP contribution in [0.4, 0.5) is 5.69 Å². The van der Waals surface area contributed by atoms with E-state index in [-0.39, 0.29) is 10.8 Å². The Morgan fingerprint density at radius 2 is 1.93 bits per heavy atom. The van der Waals surface area contributed by atoms with Crippen LogP contribution in [0.2, 0.25) is 0 Å². The van der Waals surface area contributed by atoms with Gasteiger partial charge >= 0.3 is 0 Å². The molecule has 1 aromatic heterocycles. The Kier molecular flexibility index (Phi) is 2.69. The van der Waals surface area contributed by atoms with E-state index in [1.165, 1.54) is 17.6 Å². The molecule has 3 nitrogen and oxygen atoms in total. The third-order valence-corrected chi connectivity index (χ3v) is 2.61. The van der Waals surface area contributed by atoms with E-state index in [0.29, 0.717) is 11.3 Å². The molecule has 4 heteroatoms. The normalized spacial score (nSPS) is 10.9. The number of rotatable bonds is 2. The lowest BCUT2D eigenvalue weighted by molar-refractivity contribution is 0.474. The van der Waals surface area contributed by atoms with Gasteiger partial charge in [-0.25, -0.2) is 0 Å². The van der Waals surface area contributed by atoms with Gasteiger partial charge in [0.2, 0.25) is 0 Å². The highest BCUT2D eigenvalue weighted by molar-refractivity contribution is 7.12. The Balaban J connectivity index is 2.26. The first-order valence-electron chi connectivity index (χ1n) is 4.36. The molecule has 0 saturated carbocycles. The number of phenolic OH excluding ortho intramolecular Hbond substituents is 1. The van der Waals surface area contributed by atoms with Crippen LogP contribution in [0.15, 0.2) is 40.7 Å². The number of para-hydroxylation sites is 1. The Morgan fingerprint density at radius 1 is 1.13 bits per heavy atom. The summed E-state index contributed by atoms with van der Waals surface area (Å²) in [4.78, 5) is 4.07. The predicted molar refractivity (Wildman–Crippen MR) is 61.3 cm³/mol. The van der Waals surface area contributed by atoms with Crippen LogP contribution in [0.25, 0.3) is 0 Å². The first-order valence-corrected chi connectivity index (χ1v) is 5.24. The van der Waals surface area contributed by atoms with Crippen LogP contribution in [0.3, 0.4) is 0 Å². The van der Waals surface area contributed by atoms with Crippen LogP contribution in [-0.4, -0.2) is 16.4 Å². The van der Waals surface area contributed by atoms with E-state index in [4.69, 9.17) is 0 Å². The average Bonchev–Trinajstić information content (AvgIpc) is 2.63. The fourth-order valence-electron chi connectivity index (χ4n) is 1.13. The lowest BCUT2D eigenvalue weighted by atomic mass is 10.2. The van der Waals surface area contributed by atoms with Crippen LogP contribution in [0.1, 0.15) is 5.56 Å². The van der Waals surface area contributed by atoms with Gasteiger partial charge in [0.1, 0.15) is 11.4 Å². The van der Waals surface area contributed by atoms with Crippen molar-refractivity contribution in [3.05, 3.63) is 41.3 Å². The van der Waals surface area contributed by atoms with Crippen LogP contribution < -0.4 is 0 Å². The average molecular weight is 219 g/mol. The summed E-state index contributed by atoms with van der Waals surface area (Å²) in [5.41, 5.74) is 1.14. The molecule has 0 aliphatic heterocycles. The number of hydrogen-bond donors (Lipinski definition) is 2. The molecule has 1 aromatic carbocycles. The monoisotopic (exact) mass is 219 g/mol. The van der Waals surface area contributed by atoms with Gasteiger partial charge in [0.15, 0.2) is 5.06 Å². The van der Waals surface area contributed by atoms with Gasteiger partial charge in [-0.2, -0.15) is 0 Å². The molecule has 2 rings (SSSR count). The maximum absolute atomic E-state index is 9.46. The summed E-state index contributed by atoms with van der Waals surface area (Å²) in [5.74, 6) is 0.177. The van der Waals surface area contributed by atoms with Crippen LogP contribution >= 0.6 is 11.3 Å². The summed E-state index contributed by atoms with van der Waals surface area (Å²) in [7, 11) is 0. The van der Waals surface area contributed by atoms with E-state index in [1.807, 2.05) is 6.07 Å². The zero-order valence-electron chi connectivity index (χ0n) is 7.79. The largest absolute Gasteiger partial charge is 0.507 e. The topological polar surface area (TPSA) is 52.8 Å². The molecule has 15 heavy (non-hydrogen) atoms. The summed E-state index contributed by atoms with van der Waals surface area (Å²) in [6, 6.07) is 8.62. The number of aliphatic imine (C=N–C) groups is 1. The van der Waals surface area contributed by atoms with E-state index in [9.17, 15) is 10.2 Å². The highest BCUT2D eigenvalue weighted by Crippen LogP contribution is 2.32. The van der Waals surface area contributed by atoms with Gasteiger partial charge in [0.05, 0.1) is 0 Å². The molecule has 0 aliphatic rings. The second-order valence-corrected chi connectivity index (χ2v) is 3.82. The second-order valence-electron chi connectivity index (χ2n) is 2.93. The van der Waals surface area contributed by atoms with E-state index < -0.39 is 0 Å². The van der Waals surface area contributed by atoms with Gasteiger partial charge in [0.25, 0.3) is 0 Å². The molecule has 0 saturated heterocycles. The highest BCUT2D eigenvalue weighted by Gasteiger charge is 1.99. The number of phenols is 1. The van der Waals surface area contributed by atoms with Gasteiger partial charge in [-0.05, 0) is 23.6 Å². The Bertz CT molecular complexity index is 491. The van der Waals surface area contributed by atoms with Gasteiger partial charge < -0.3 is 10.2 Å². The lowest BCUT2D eigenvalue weighted by Crippen LogP contribution is -1.79. The van der Waals surface area contributed by atoms with Crippen molar-refractivity contribution in [2.24, 2.45) is 4.99 Å². The molecule has 0 radical (unpaired) electrons. The second kappa shape index (κ2) is 4.14. The minimum absolute atomic E-state index is 0.177. The molecule has 0 amide bonds. The Labute approximate surface area is 91.0 Å². The van der Waals surface area contributed by atoms with E-state index in [1.54, 1.807) is 29.6 Å². The molecular formula is C11H9NO2S. The zero-order valence-corrected chi connectivity index (χ0v) is 8.61. The van der Waals surface area contributed by atoms with Crippen molar-refractivity contribution in [1.29, 1.82) is 0 Å². The number of benzene rings is 1. The van der Waals surface area contributed by atoms with Gasteiger partial charge in [0, 0.05) is 11.8 Å². The standard InChI is InChI=1S/C11H9NO2S/c13-10-4-2-1-3-8(10)7-12-9-5-6-15-11(9)14/h1-7,13-14H. The molecule has 76 valence electrons. The van der Waals surface area contributed by atoms with Crippen LogP contribution in [-0.2, 0) is 0 Å². The molecule has 0 atom stereocenters. The number of thiophene rings is 1. The minimum atomic E-state index is 0.177. The summed E-state index contributed by atoms with van der Waals surface area (Å²) in [6.07, 6.45) is 1.52. The van der Waals surface area contributed by atoms with Gasteiger partial charge in [-0.15, -0.1) is 11.3 Å². The number of hydrogen-bond acceptors (Lipinski definition) is 4. The molecule has 1 heterocycles. The molecular weight excluding hydrogens is 210 g/mol. The van der Waals surface area contributed by atoms with Crippen molar-refractivity contribution in [1.82, 2.24) is 0 Å². The summed E-state index contributed by atoms with van der Waals surface area (Å²) in [6.45, 7) is 0.